The van der Waals surface area contributed by atoms with Crippen molar-refractivity contribution in [2.45, 2.75) is 25.5 Å². The van der Waals surface area contributed by atoms with E-state index in [1.807, 2.05) is 0 Å². The van der Waals surface area contributed by atoms with E-state index in [4.69, 9.17) is 9.47 Å². The zero-order valence-electron chi connectivity index (χ0n) is 9.78. The average Bonchev–Trinajstić information content (AvgIpc) is 2.69. The zero-order valence-corrected chi connectivity index (χ0v) is 9.78. The fraction of sp³-hybridized carbons (Fsp3) is 0.667. The smallest absolute Gasteiger partial charge is 0.0791 e. The van der Waals surface area contributed by atoms with Gasteiger partial charge in [0.05, 0.1) is 25.0 Å². The average molecular weight is 209 g/mol. The summed E-state index contributed by atoms with van der Waals surface area (Å²) < 4.78 is 10.4. The molecule has 0 aromatic heterocycles. The Morgan fingerprint density at radius 2 is 2.20 bits per heavy atom. The van der Waals surface area contributed by atoms with Crippen LogP contribution in [-0.2, 0) is 9.47 Å². The number of methoxy groups -OCH3 is 2. The van der Waals surface area contributed by atoms with E-state index in [-0.39, 0.29) is 11.6 Å². The topological polar surface area (TPSA) is 30.5 Å². The maximum absolute atomic E-state index is 5.39. The van der Waals surface area contributed by atoms with Gasteiger partial charge in [-0.25, -0.2) is 0 Å². The van der Waals surface area contributed by atoms with E-state index in [2.05, 4.69) is 31.4 Å². The molecule has 0 bridgehead atoms. The van der Waals surface area contributed by atoms with Crippen molar-refractivity contribution in [1.29, 1.82) is 0 Å². The highest BCUT2D eigenvalue weighted by molar-refractivity contribution is 5.56. The van der Waals surface area contributed by atoms with Gasteiger partial charge in [0.2, 0.25) is 0 Å². The molecule has 0 aromatic carbocycles. The van der Waals surface area contributed by atoms with Crippen molar-refractivity contribution in [3.8, 4) is 0 Å². The van der Waals surface area contributed by atoms with Crippen molar-refractivity contribution in [3.63, 3.8) is 0 Å². The van der Waals surface area contributed by atoms with E-state index in [0.717, 1.165) is 0 Å². The molecule has 15 heavy (non-hydrogen) atoms. The molecule has 2 rings (SSSR count). The Morgan fingerprint density at radius 1 is 1.47 bits per heavy atom. The molecule has 2 aliphatic rings. The molecule has 1 heterocycles. The summed E-state index contributed by atoms with van der Waals surface area (Å²) in [6, 6.07) is 0. The summed E-state index contributed by atoms with van der Waals surface area (Å²) in [7, 11) is 3.44. The molecule has 1 N–H and O–H groups in total. The molecule has 3 nitrogen and oxygen atoms in total. The first-order valence-electron chi connectivity index (χ1n) is 5.39. The molecular formula is C12H19NO2. The molecule has 1 aliphatic carbocycles. The summed E-state index contributed by atoms with van der Waals surface area (Å²) in [6.07, 6.45) is 6.24. The van der Waals surface area contributed by atoms with E-state index >= 15 is 0 Å². The van der Waals surface area contributed by atoms with Crippen molar-refractivity contribution < 1.29 is 9.47 Å². The lowest BCUT2D eigenvalue weighted by molar-refractivity contribution is 0.0528. The number of hydrogen-bond donors (Lipinski definition) is 1. The molecule has 4 atom stereocenters. The van der Waals surface area contributed by atoms with Crippen LogP contribution in [0.15, 0.2) is 24.1 Å². The zero-order chi connectivity index (χ0) is 11.1. The number of rotatable bonds is 5. The van der Waals surface area contributed by atoms with Crippen LogP contribution in [0.3, 0.4) is 0 Å². The fourth-order valence-electron chi connectivity index (χ4n) is 2.56. The summed E-state index contributed by atoms with van der Waals surface area (Å²) >= 11 is 0. The van der Waals surface area contributed by atoms with E-state index in [1.165, 1.54) is 5.57 Å². The van der Waals surface area contributed by atoms with Crippen molar-refractivity contribution in [3.05, 3.63) is 24.1 Å². The predicted octanol–water partition coefficient (Wildman–Crippen LogP) is 1.67. The molecule has 0 aromatic rings. The lowest BCUT2D eigenvalue weighted by Gasteiger charge is -2.32. The second-order valence-electron chi connectivity index (χ2n) is 4.38. The van der Waals surface area contributed by atoms with Crippen molar-refractivity contribution >= 4 is 0 Å². The monoisotopic (exact) mass is 209 g/mol. The first-order valence-corrected chi connectivity index (χ1v) is 5.39. The van der Waals surface area contributed by atoms with Gasteiger partial charge in [0, 0.05) is 18.9 Å². The van der Waals surface area contributed by atoms with E-state index in [0.29, 0.717) is 11.8 Å². The Hall–Kier alpha value is -0.960. The maximum Gasteiger partial charge on any atom is 0.0791 e. The molecule has 0 spiro atoms. The lowest BCUT2D eigenvalue weighted by atomic mass is 9.89. The Bertz CT molecular complexity index is 311. The highest BCUT2D eigenvalue weighted by Crippen LogP contribution is 2.61. The molecule has 0 radical (unpaired) electrons. The SMILES string of the molecule is CO/C=C/[C@@H]1C2=CNC21[C@H](C)[C@H](C)OC. The minimum Gasteiger partial charge on any atom is -0.505 e. The maximum atomic E-state index is 5.39. The van der Waals surface area contributed by atoms with Crippen LogP contribution in [0.1, 0.15) is 13.8 Å². The number of nitrogens with one attached hydrogen (secondary N) is 1. The van der Waals surface area contributed by atoms with Gasteiger partial charge in [0.1, 0.15) is 0 Å². The molecule has 3 heteroatoms. The van der Waals surface area contributed by atoms with Crippen LogP contribution < -0.4 is 5.32 Å². The largest absolute Gasteiger partial charge is 0.505 e. The highest BCUT2D eigenvalue weighted by Gasteiger charge is 2.67. The van der Waals surface area contributed by atoms with E-state index in [1.54, 1.807) is 20.5 Å². The normalized spacial score (nSPS) is 36.0. The number of fused-ring (bicyclic) bond motifs is 1. The lowest BCUT2D eigenvalue weighted by Crippen LogP contribution is -2.45. The van der Waals surface area contributed by atoms with Gasteiger partial charge in [-0.15, -0.1) is 0 Å². The summed E-state index contributed by atoms with van der Waals surface area (Å²) in [6.45, 7) is 4.35. The van der Waals surface area contributed by atoms with Gasteiger partial charge in [-0.3, -0.25) is 0 Å². The quantitative estimate of drug-likeness (QED) is 0.699. The molecular weight excluding hydrogens is 190 g/mol. The van der Waals surface area contributed by atoms with Crippen LogP contribution in [0.5, 0.6) is 0 Å². The van der Waals surface area contributed by atoms with Crippen LogP contribution in [0.2, 0.25) is 0 Å². The van der Waals surface area contributed by atoms with Crippen molar-refractivity contribution in [1.82, 2.24) is 5.32 Å². The van der Waals surface area contributed by atoms with Gasteiger partial charge in [0.15, 0.2) is 0 Å². The second-order valence-corrected chi connectivity index (χ2v) is 4.38. The highest BCUT2D eigenvalue weighted by atomic mass is 16.5. The Labute approximate surface area is 91.1 Å². The number of hydrogen-bond acceptors (Lipinski definition) is 3. The van der Waals surface area contributed by atoms with Crippen LogP contribution >= 0.6 is 0 Å². The molecule has 1 saturated carbocycles. The second kappa shape index (κ2) is 3.56. The van der Waals surface area contributed by atoms with Crippen molar-refractivity contribution in [2.24, 2.45) is 11.8 Å². The molecule has 0 saturated heterocycles. The summed E-state index contributed by atoms with van der Waals surface area (Å²) in [4.78, 5) is 0. The van der Waals surface area contributed by atoms with Gasteiger partial charge in [-0.05, 0) is 24.8 Å². The minimum atomic E-state index is 0.157. The van der Waals surface area contributed by atoms with Crippen LogP contribution in [0, 0.1) is 11.8 Å². The first-order chi connectivity index (χ1) is 7.18. The van der Waals surface area contributed by atoms with Crippen LogP contribution in [0.4, 0.5) is 0 Å². The molecule has 1 aliphatic heterocycles. The van der Waals surface area contributed by atoms with Crippen LogP contribution in [0.25, 0.3) is 0 Å². The predicted molar refractivity (Wildman–Crippen MR) is 59.2 cm³/mol. The number of ether oxygens (including phenoxy) is 2. The van der Waals surface area contributed by atoms with Gasteiger partial charge in [-0.2, -0.15) is 0 Å². The third kappa shape index (κ3) is 1.29. The third-order valence-corrected chi connectivity index (χ3v) is 3.89. The Morgan fingerprint density at radius 3 is 2.67 bits per heavy atom. The van der Waals surface area contributed by atoms with Gasteiger partial charge >= 0.3 is 0 Å². The molecule has 0 amide bonds. The first kappa shape index (κ1) is 10.6. The molecule has 84 valence electrons. The summed E-state index contributed by atoms with van der Waals surface area (Å²) in [5.41, 5.74) is 1.64. The van der Waals surface area contributed by atoms with E-state index < -0.39 is 0 Å². The van der Waals surface area contributed by atoms with Crippen LogP contribution in [-0.4, -0.2) is 25.9 Å². The molecule has 1 unspecified atom stereocenters. The van der Waals surface area contributed by atoms with Gasteiger partial charge in [0.25, 0.3) is 0 Å². The summed E-state index contributed by atoms with van der Waals surface area (Å²) in [5, 5.41) is 3.42. The third-order valence-electron chi connectivity index (χ3n) is 3.89. The Kier molecular flexibility index (Phi) is 2.51. The van der Waals surface area contributed by atoms with Gasteiger partial charge in [-0.1, -0.05) is 6.92 Å². The van der Waals surface area contributed by atoms with E-state index in [9.17, 15) is 0 Å². The fourth-order valence-corrected chi connectivity index (χ4v) is 2.56. The summed E-state index contributed by atoms with van der Waals surface area (Å²) in [5.74, 6) is 0.971. The van der Waals surface area contributed by atoms with Crippen molar-refractivity contribution in [2.75, 3.05) is 14.2 Å². The Balaban J connectivity index is 2.05. The van der Waals surface area contributed by atoms with Gasteiger partial charge < -0.3 is 14.8 Å². The molecule has 1 fully saturated rings. The minimum absolute atomic E-state index is 0.157. The standard InChI is InChI=1S/C12H19NO2/c1-8(9(2)15-4)12-10(5-6-14-3)11(12)7-13-12/h5-10,13H,1-4H3/b6-5+/t8-,9+,10-,12?/m1/s1.